The average molecular weight is 203 g/mol. The van der Waals surface area contributed by atoms with Crippen LogP contribution in [0.5, 0.6) is 0 Å². The maximum Gasteiger partial charge on any atom is 0.130 e. The van der Waals surface area contributed by atoms with Crippen molar-refractivity contribution in [1.82, 2.24) is 9.88 Å². The van der Waals surface area contributed by atoms with Crippen molar-refractivity contribution < 1.29 is 0 Å². The van der Waals surface area contributed by atoms with E-state index in [0.29, 0.717) is 18.1 Å². The summed E-state index contributed by atoms with van der Waals surface area (Å²) >= 11 is 0. The summed E-state index contributed by atoms with van der Waals surface area (Å²) < 4.78 is 0. The molecule has 1 N–H and O–H groups in total. The highest BCUT2D eigenvalue weighted by Gasteiger charge is 2.44. The minimum absolute atomic E-state index is 0.481. The predicted molar refractivity (Wildman–Crippen MR) is 60.8 cm³/mol. The number of hydrogen-bond donors (Lipinski definition) is 1. The molecule has 0 saturated carbocycles. The molecule has 1 saturated heterocycles. The van der Waals surface area contributed by atoms with Crippen molar-refractivity contribution >= 4 is 5.82 Å². The van der Waals surface area contributed by atoms with Crippen LogP contribution in [0.1, 0.15) is 31.7 Å². The number of likely N-dealkylation sites (N-methyl/N-ethyl adjacent to an activating group) is 1. The van der Waals surface area contributed by atoms with Crippen LogP contribution < -0.4 is 5.32 Å². The van der Waals surface area contributed by atoms with Gasteiger partial charge in [-0.1, -0.05) is 13.0 Å². The third kappa shape index (κ3) is 1.19. The molecule has 2 aliphatic heterocycles. The molecule has 80 valence electrons. The Labute approximate surface area is 90.5 Å². The minimum atomic E-state index is 0.481. The lowest BCUT2D eigenvalue weighted by Gasteiger charge is -2.26. The van der Waals surface area contributed by atoms with E-state index >= 15 is 0 Å². The Balaban J connectivity index is 1.97. The van der Waals surface area contributed by atoms with E-state index in [-0.39, 0.29) is 0 Å². The second-order valence-electron chi connectivity index (χ2n) is 4.55. The van der Waals surface area contributed by atoms with E-state index in [4.69, 9.17) is 0 Å². The van der Waals surface area contributed by atoms with Crippen molar-refractivity contribution in [2.75, 3.05) is 11.9 Å². The highest BCUT2D eigenvalue weighted by atomic mass is 15.3. The lowest BCUT2D eigenvalue weighted by molar-refractivity contribution is 0.230. The Morgan fingerprint density at radius 1 is 1.60 bits per heavy atom. The van der Waals surface area contributed by atoms with Crippen LogP contribution in [0.4, 0.5) is 5.82 Å². The highest BCUT2D eigenvalue weighted by Crippen LogP contribution is 2.44. The first kappa shape index (κ1) is 9.16. The van der Waals surface area contributed by atoms with Gasteiger partial charge in [0.05, 0.1) is 6.17 Å². The number of nitrogens with zero attached hydrogens (tertiary/aromatic N) is 2. The first-order valence-corrected chi connectivity index (χ1v) is 5.78. The van der Waals surface area contributed by atoms with E-state index < -0.39 is 0 Å². The van der Waals surface area contributed by atoms with Gasteiger partial charge in [0, 0.05) is 23.7 Å². The van der Waals surface area contributed by atoms with Gasteiger partial charge >= 0.3 is 0 Å². The van der Waals surface area contributed by atoms with E-state index in [1.165, 1.54) is 12.0 Å². The molecule has 3 atom stereocenters. The van der Waals surface area contributed by atoms with Gasteiger partial charge in [-0.05, 0) is 26.0 Å². The zero-order chi connectivity index (χ0) is 10.4. The van der Waals surface area contributed by atoms with Gasteiger partial charge in [0.1, 0.15) is 5.82 Å². The van der Waals surface area contributed by atoms with Crippen LogP contribution in [-0.2, 0) is 0 Å². The summed E-state index contributed by atoms with van der Waals surface area (Å²) in [6.07, 6.45) is 3.60. The van der Waals surface area contributed by atoms with Gasteiger partial charge < -0.3 is 5.32 Å². The normalized spacial score (nSPS) is 33.6. The van der Waals surface area contributed by atoms with E-state index in [1.807, 2.05) is 12.3 Å². The number of pyridine rings is 1. The average Bonchev–Trinajstić information content (AvgIpc) is 2.72. The molecule has 3 heteroatoms. The molecule has 0 aromatic carbocycles. The zero-order valence-electron chi connectivity index (χ0n) is 9.27. The van der Waals surface area contributed by atoms with Crippen LogP contribution in [0.15, 0.2) is 18.3 Å². The largest absolute Gasteiger partial charge is 0.354 e. The Hall–Kier alpha value is -1.09. The molecule has 0 radical (unpaired) electrons. The van der Waals surface area contributed by atoms with Crippen LogP contribution in [0, 0.1) is 0 Å². The maximum absolute atomic E-state index is 4.40. The van der Waals surface area contributed by atoms with E-state index in [9.17, 15) is 0 Å². The quantitative estimate of drug-likeness (QED) is 0.757. The molecule has 0 amide bonds. The first-order valence-electron chi connectivity index (χ1n) is 5.78. The first-order chi connectivity index (χ1) is 7.31. The third-order valence-corrected chi connectivity index (χ3v) is 3.79. The summed E-state index contributed by atoms with van der Waals surface area (Å²) in [5.74, 6) is 1.74. The third-order valence-electron chi connectivity index (χ3n) is 3.79. The summed E-state index contributed by atoms with van der Waals surface area (Å²) in [6.45, 7) is 5.67. The number of aromatic nitrogens is 1. The van der Waals surface area contributed by atoms with Crippen LogP contribution in [-0.4, -0.2) is 28.6 Å². The molecule has 1 aromatic rings. The van der Waals surface area contributed by atoms with Gasteiger partial charge in [-0.2, -0.15) is 0 Å². The van der Waals surface area contributed by atoms with Crippen LogP contribution >= 0.6 is 0 Å². The number of hydrogen-bond acceptors (Lipinski definition) is 3. The number of fused-ring (bicyclic) bond motifs is 3. The highest BCUT2D eigenvalue weighted by molar-refractivity contribution is 5.54. The molecule has 3 heterocycles. The SMILES string of the molecule is CCN1C(C)CC2c3cccnc3NC21. The zero-order valence-corrected chi connectivity index (χ0v) is 9.27. The molecule has 15 heavy (non-hydrogen) atoms. The fraction of sp³-hybridized carbons (Fsp3) is 0.583. The Kier molecular flexibility index (Phi) is 1.96. The van der Waals surface area contributed by atoms with Crippen LogP contribution in [0.2, 0.25) is 0 Å². The standard InChI is InChI=1S/C12H17N3/c1-3-15-8(2)7-10-9-5-4-6-13-11(9)14-12(10)15/h4-6,8,10,12H,3,7H2,1-2H3,(H,13,14). The van der Waals surface area contributed by atoms with E-state index in [2.05, 4.69) is 35.1 Å². The summed E-state index contributed by atoms with van der Waals surface area (Å²) in [5.41, 5.74) is 1.41. The number of likely N-dealkylation sites (tertiary alicyclic amines) is 1. The second kappa shape index (κ2) is 3.20. The molecule has 3 rings (SSSR count). The topological polar surface area (TPSA) is 28.2 Å². The predicted octanol–water partition coefficient (Wildman–Crippen LogP) is 2.03. The van der Waals surface area contributed by atoms with Crippen molar-refractivity contribution in [2.24, 2.45) is 0 Å². The molecular weight excluding hydrogens is 186 g/mol. The lowest BCUT2D eigenvalue weighted by atomic mass is 9.98. The summed E-state index contributed by atoms with van der Waals surface area (Å²) in [4.78, 5) is 6.93. The number of anilines is 1. The maximum atomic E-state index is 4.40. The van der Waals surface area contributed by atoms with Crippen LogP contribution in [0.25, 0.3) is 0 Å². The Morgan fingerprint density at radius 2 is 2.47 bits per heavy atom. The van der Waals surface area contributed by atoms with Gasteiger partial charge in [0.2, 0.25) is 0 Å². The number of nitrogens with one attached hydrogen (secondary N) is 1. The van der Waals surface area contributed by atoms with Gasteiger partial charge in [-0.3, -0.25) is 4.90 Å². The van der Waals surface area contributed by atoms with E-state index in [0.717, 1.165) is 12.4 Å². The fourth-order valence-corrected chi connectivity index (χ4v) is 3.10. The molecule has 3 nitrogen and oxygen atoms in total. The van der Waals surface area contributed by atoms with Gasteiger partial charge in [-0.25, -0.2) is 4.98 Å². The second-order valence-corrected chi connectivity index (χ2v) is 4.55. The lowest BCUT2D eigenvalue weighted by Crippen LogP contribution is -2.38. The van der Waals surface area contributed by atoms with Crippen molar-refractivity contribution in [1.29, 1.82) is 0 Å². The molecular formula is C12H17N3. The smallest absolute Gasteiger partial charge is 0.130 e. The van der Waals surface area contributed by atoms with Gasteiger partial charge in [-0.15, -0.1) is 0 Å². The minimum Gasteiger partial charge on any atom is -0.354 e. The summed E-state index contributed by atoms with van der Waals surface area (Å²) in [5, 5.41) is 3.54. The summed E-state index contributed by atoms with van der Waals surface area (Å²) in [6, 6.07) is 4.94. The molecule has 1 aromatic heterocycles. The fourth-order valence-electron chi connectivity index (χ4n) is 3.10. The van der Waals surface area contributed by atoms with Crippen molar-refractivity contribution in [3.63, 3.8) is 0 Å². The summed E-state index contributed by atoms with van der Waals surface area (Å²) in [7, 11) is 0. The van der Waals surface area contributed by atoms with Crippen molar-refractivity contribution in [3.05, 3.63) is 23.9 Å². The molecule has 0 aliphatic carbocycles. The molecule has 2 aliphatic rings. The van der Waals surface area contributed by atoms with Crippen molar-refractivity contribution in [2.45, 2.75) is 38.4 Å². The molecule has 0 bridgehead atoms. The Bertz CT molecular complexity index is 377. The number of rotatable bonds is 1. The monoisotopic (exact) mass is 203 g/mol. The molecule has 1 fully saturated rings. The Morgan fingerprint density at radius 3 is 3.27 bits per heavy atom. The van der Waals surface area contributed by atoms with Gasteiger partial charge in [0.15, 0.2) is 0 Å². The van der Waals surface area contributed by atoms with E-state index in [1.54, 1.807) is 0 Å². The van der Waals surface area contributed by atoms with Crippen molar-refractivity contribution in [3.8, 4) is 0 Å². The molecule has 0 spiro atoms. The molecule has 3 unspecified atom stereocenters. The van der Waals surface area contributed by atoms with Gasteiger partial charge in [0.25, 0.3) is 0 Å². The van der Waals surface area contributed by atoms with Crippen LogP contribution in [0.3, 0.4) is 0 Å².